The Bertz CT molecular complexity index is 559. The van der Waals surface area contributed by atoms with E-state index in [0.717, 1.165) is 0 Å². The molecule has 0 unspecified atom stereocenters. The van der Waals surface area contributed by atoms with E-state index < -0.39 is 38.6 Å². The van der Waals surface area contributed by atoms with Crippen molar-refractivity contribution in [2.24, 2.45) is 0 Å². The molecule has 0 N–H and O–H groups in total. The highest BCUT2D eigenvalue weighted by molar-refractivity contribution is 6.18. The third-order valence-corrected chi connectivity index (χ3v) is 3.01. The molecular weight excluding hydrogens is 331 g/mol. The van der Waals surface area contributed by atoms with E-state index in [1.54, 1.807) is 6.92 Å². The largest absolute Gasteiger partial charge is 0.416 e. The van der Waals surface area contributed by atoms with Crippen molar-refractivity contribution in [3.05, 3.63) is 37.9 Å². The molecule has 0 radical (unpaired) electrons. The Labute approximate surface area is 127 Å². The van der Waals surface area contributed by atoms with Gasteiger partial charge in [0.15, 0.2) is 5.69 Å². The lowest BCUT2D eigenvalue weighted by atomic mass is 10.1. The fraction of sp³-hybridized carbons (Fsp3) is 0.455. The van der Waals surface area contributed by atoms with E-state index in [-0.39, 0.29) is 19.0 Å². The van der Waals surface area contributed by atoms with Crippen molar-refractivity contribution in [2.75, 3.05) is 23.9 Å². The molecule has 0 aromatic heterocycles. The van der Waals surface area contributed by atoms with Crippen LogP contribution in [-0.4, -0.2) is 28.8 Å². The van der Waals surface area contributed by atoms with Gasteiger partial charge >= 0.3 is 6.18 Å². The lowest BCUT2D eigenvalue weighted by Gasteiger charge is -2.22. The molecule has 0 aliphatic rings. The summed E-state index contributed by atoms with van der Waals surface area (Å²) < 4.78 is 38.3. The van der Waals surface area contributed by atoms with Gasteiger partial charge in [-0.3, -0.25) is 20.2 Å². The number of nitrogens with zero attached hydrogens (tertiary/aromatic N) is 3. The SMILES string of the molecule is CCN(CCCl)c1c([N+](=O)[O-])cc(C(F)(F)F)cc1[N+](=O)[O-]. The Kier molecular flexibility index (Phi) is 5.53. The minimum absolute atomic E-state index is 0.00315. The van der Waals surface area contributed by atoms with Crippen molar-refractivity contribution < 1.29 is 23.0 Å². The summed E-state index contributed by atoms with van der Waals surface area (Å²) in [5.41, 5.74) is -3.88. The van der Waals surface area contributed by atoms with Crippen LogP contribution in [0.1, 0.15) is 12.5 Å². The van der Waals surface area contributed by atoms with Crippen LogP contribution >= 0.6 is 11.6 Å². The molecule has 0 spiro atoms. The lowest BCUT2D eigenvalue weighted by molar-refractivity contribution is -0.393. The minimum atomic E-state index is -4.93. The maximum atomic E-state index is 12.8. The van der Waals surface area contributed by atoms with Gasteiger partial charge in [-0.05, 0) is 6.92 Å². The molecule has 122 valence electrons. The fourth-order valence-corrected chi connectivity index (χ4v) is 2.10. The molecule has 0 atom stereocenters. The van der Waals surface area contributed by atoms with Crippen LogP contribution < -0.4 is 4.90 Å². The molecule has 0 saturated carbocycles. The van der Waals surface area contributed by atoms with Crippen LogP contribution in [0, 0.1) is 20.2 Å². The molecule has 0 bridgehead atoms. The van der Waals surface area contributed by atoms with Crippen LogP contribution in [0.4, 0.5) is 30.2 Å². The van der Waals surface area contributed by atoms with Gasteiger partial charge in [-0.25, -0.2) is 0 Å². The van der Waals surface area contributed by atoms with Gasteiger partial charge in [-0.15, -0.1) is 11.6 Å². The van der Waals surface area contributed by atoms with Crippen LogP contribution in [-0.2, 0) is 6.18 Å². The maximum Gasteiger partial charge on any atom is 0.416 e. The molecule has 0 amide bonds. The average molecular weight is 342 g/mol. The van der Waals surface area contributed by atoms with Gasteiger partial charge in [0.25, 0.3) is 11.4 Å². The average Bonchev–Trinajstić information content (AvgIpc) is 2.42. The van der Waals surface area contributed by atoms with Gasteiger partial charge in [0.2, 0.25) is 0 Å². The highest BCUT2D eigenvalue weighted by Gasteiger charge is 2.38. The summed E-state index contributed by atoms with van der Waals surface area (Å²) in [6.07, 6.45) is -4.93. The monoisotopic (exact) mass is 341 g/mol. The van der Waals surface area contributed by atoms with E-state index in [1.807, 2.05) is 0 Å². The summed E-state index contributed by atoms with van der Waals surface area (Å²) in [4.78, 5) is 21.2. The third-order valence-electron chi connectivity index (χ3n) is 2.84. The Morgan fingerprint density at radius 2 is 1.64 bits per heavy atom. The molecule has 22 heavy (non-hydrogen) atoms. The topological polar surface area (TPSA) is 89.5 Å². The zero-order valence-electron chi connectivity index (χ0n) is 11.3. The van der Waals surface area contributed by atoms with Gasteiger partial charge in [-0.1, -0.05) is 0 Å². The van der Waals surface area contributed by atoms with E-state index in [9.17, 15) is 33.4 Å². The van der Waals surface area contributed by atoms with Crippen molar-refractivity contribution >= 4 is 28.7 Å². The first kappa shape index (κ1) is 18.0. The molecule has 0 heterocycles. The van der Waals surface area contributed by atoms with E-state index in [1.165, 1.54) is 4.90 Å². The molecule has 1 aromatic carbocycles. The van der Waals surface area contributed by atoms with Crippen LogP contribution in [0.15, 0.2) is 12.1 Å². The van der Waals surface area contributed by atoms with Crippen molar-refractivity contribution in [1.29, 1.82) is 0 Å². The number of alkyl halides is 4. The number of nitro benzene ring substituents is 2. The summed E-state index contributed by atoms with van der Waals surface area (Å²) in [5.74, 6) is 0.00315. The predicted octanol–water partition coefficient (Wildman–Crippen LogP) is 3.59. The highest BCUT2D eigenvalue weighted by atomic mass is 35.5. The molecular formula is C11H11ClF3N3O4. The molecule has 7 nitrogen and oxygen atoms in total. The summed E-state index contributed by atoms with van der Waals surface area (Å²) in [7, 11) is 0. The smallest absolute Gasteiger partial charge is 0.359 e. The van der Waals surface area contributed by atoms with E-state index in [0.29, 0.717) is 12.1 Å². The second-order valence-corrected chi connectivity index (χ2v) is 4.52. The van der Waals surface area contributed by atoms with Gasteiger partial charge in [-0.2, -0.15) is 13.2 Å². The number of nitro groups is 2. The quantitative estimate of drug-likeness (QED) is 0.448. The Balaban J connectivity index is 3.71. The van der Waals surface area contributed by atoms with Crippen molar-refractivity contribution in [3.8, 4) is 0 Å². The molecule has 1 rings (SSSR count). The Hall–Kier alpha value is -2.10. The third kappa shape index (κ3) is 3.75. The van der Waals surface area contributed by atoms with Crippen molar-refractivity contribution in [2.45, 2.75) is 13.1 Å². The second-order valence-electron chi connectivity index (χ2n) is 4.14. The summed E-state index contributed by atoms with van der Waals surface area (Å²) in [5, 5.41) is 22.1. The molecule has 1 aromatic rings. The van der Waals surface area contributed by atoms with Crippen molar-refractivity contribution in [3.63, 3.8) is 0 Å². The molecule has 0 aliphatic heterocycles. The Morgan fingerprint density at radius 3 is 1.91 bits per heavy atom. The number of anilines is 1. The normalized spacial score (nSPS) is 11.3. The zero-order chi connectivity index (χ0) is 17.1. The van der Waals surface area contributed by atoms with Gasteiger partial charge in [0.1, 0.15) is 0 Å². The zero-order valence-corrected chi connectivity index (χ0v) is 12.0. The highest BCUT2D eigenvalue weighted by Crippen LogP contribution is 2.42. The number of halogens is 4. The number of hydrogen-bond acceptors (Lipinski definition) is 5. The van der Waals surface area contributed by atoms with Crippen LogP contribution in [0.5, 0.6) is 0 Å². The minimum Gasteiger partial charge on any atom is -0.359 e. The second kappa shape index (κ2) is 6.77. The van der Waals surface area contributed by atoms with Crippen molar-refractivity contribution in [1.82, 2.24) is 0 Å². The standard InChI is InChI=1S/C11H11ClF3N3O4/c1-2-16(4-3-12)10-8(17(19)20)5-7(11(13,14)15)6-9(10)18(21)22/h5-6H,2-4H2,1H3. The van der Waals surface area contributed by atoms with E-state index in [4.69, 9.17) is 11.6 Å². The first-order valence-corrected chi connectivity index (χ1v) is 6.51. The first-order chi connectivity index (χ1) is 10.1. The fourth-order valence-electron chi connectivity index (χ4n) is 1.90. The number of rotatable bonds is 6. The number of benzene rings is 1. The summed E-state index contributed by atoms with van der Waals surface area (Å²) >= 11 is 5.53. The predicted molar refractivity (Wildman–Crippen MR) is 73.4 cm³/mol. The van der Waals surface area contributed by atoms with Gasteiger partial charge in [0, 0.05) is 31.1 Å². The molecule has 0 saturated heterocycles. The summed E-state index contributed by atoms with van der Waals surface area (Å²) in [6.45, 7) is 1.68. The van der Waals surface area contributed by atoms with Crippen LogP contribution in [0.25, 0.3) is 0 Å². The van der Waals surface area contributed by atoms with Crippen LogP contribution in [0.3, 0.4) is 0 Å². The van der Waals surface area contributed by atoms with Gasteiger partial charge < -0.3 is 4.90 Å². The molecule has 0 aliphatic carbocycles. The maximum absolute atomic E-state index is 12.8. The number of hydrogen-bond donors (Lipinski definition) is 0. The first-order valence-electron chi connectivity index (χ1n) is 5.98. The molecule has 11 heteroatoms. The van der Waals surface area contributed by atoms with Gasteiger partial charge in [0.05, 0.1) is 15.4 Å². The lowest BCUT2D eigenvalue weighted by Crippen LogP contribution is -2.27. The Morgan fingerprint density at radius 1 is 1.18 bits per heavy atom. The van der Waals surface area contributed by atoms with Crippen LogP contribution in [0.2, 0.25) is 0 Å². The van der Waals surface area contributed by atoms with E-state index >= 15 is 0 Å². The summed E-state index contributed by atoms with van der Waals surface area (Å²) in [6, 6.07) is 0.582. The van der Waals surface area contributed by atoms with E-state index in [2.05, 4.69) is 0 Å². The molecule has 0 fully saturated rings.